The zero-order chi connectivity index (χ0) is 15.0. The average molecular weight is 295 g/mol. The minimum Gasteiger partial charge on any atom is -0.481 e. The van der Waals surface area contributed by atoms with E-state index >= 15 is 0 Å². The number of aryl methyl sites for hydroxylation is 2. The number of benzene rings is 1. The number of amides is 1. The van der Waals surface area contributed by atoms with Crippen molar-refractivity contribution < 1.29 is 14.7 Å². The predicted octanol–water partition coefficient (Wildman–Crippen LogP) is 3.23. The van der Waals surface area contributed by atoms with Crippen LogP contribution in [0.4, 0.5) is 5.69 Å². The van der Waals surface area contributed by atoms with E-state index in [2.05, 4.69) is 11.4 Å². The molecular formula is C15H21NO3S. The van der Waals surface area contributed by atoms with E-state index in [1.54, 1.807) is 0 Å². The normalized spacial score (nSPS) is 10.3. The lowest BCUT2D eigenvalue weighted by atomic mass is 10.1. The van der Waals surface area contributed by atoms with E-state index in [1.807, 2.05) is 26.0 Å². The molecule has 110 valence electrons. The number of aliphatic carboxylic acids is 1. The first-order chi connectivity index (χ1) is 9.47. The fraction of sp³-hybridized carbons (Fsp3) is 0.467. The molecule has 0 aliphatic rings. The summed E-state index contributed by atoms with van der Waals surface area (Å²) in [7, 11) is 0. The van der Waals surface area contributed by atoms with Gasteiger partial charge in [-0.15, -0.1) is 0 Å². The van der Waals surface area contributed by atoms with Crippen LogP contribution in [0.15, 0.2) is 18.2 Å². The van der Waals surface area contributed by atoms with E-state index in [1.165, 1.54) is 11.8 Å². The van der Waals surface area contributed by atoms with Gasteiger partial charge in [0, 0.05) is 12.1 Å². The third kappa shape index (κ3) is 7.19. The van der Waals surface area contributed by atoms with Crippen molar-refractivity contribution in [2.45, 2.75) is 33.1 Å². The summed E-state index contributed by atoms with van der Waals surface area (Å²) in [6.07, 6.45) is 1.70. The average Bonchev–Trinajstić information content (AvgIpc) is 2.31. The quantitative estimate of drug-likeness (QED) is 0.723. The highest BCUT2D eigenvalue weighted by Gasteiger charge is 2.04. The molecule has 1 aromatic rings. The molecule has 0 saturated carbocycles. The first-order valence-corrected chi connectivity index (χ1v) is 7.80. The molecule has 0 spiro atoms. The Hall–Kier alpha value is -1.49. The SMILES string of the molecule is Cc1cc(C)cc(NC(=O)CSCCCCC(=O)O)c1. The number of carbonyl (C=O) groups excluding carboxylic acids is 1. The molecule has 5 heteroatoms. The van der Waals surface area contributed by atoms with Gasteiger partial charge in [-0.25, -0.2) is 0 Å². The van der Waals surface area contributed by atoms with Crippen molar-refractivity contribution in [3.05, 3.63) is 29.3 Å². The predicted molar refractivity (Wildman–Crippen MR) is 83.4 cm³/mol. The summed E-state index contributed by atoms with van der Waals surface area (Å²) in [5.74, 6) is 0.439. The smallest absolute Gasteiger partial charge is 0.303 e. The number of hydrogen-bond acceptors (Lipinski definition) is 3. The zero-order valence-corrected chi connectivity index (χ0v) is 12.8. The molecular weight excluding hydrogens is 274 g/mol. The fourth-order valence-corrected chi connectivity index (χ4v) is 2.70. The van der Waals surface area contributed by atoms with Crippen molar-refractivity contribution in [3.63, 3.8) is 0 Å². The summed E-state index contributed by atoms with van der Waals surface area (Å²) in [4.78, 5) is 22.1. The van der Waals surface area contributed by atoms with Crippen LogP contribution in [0.3, 0.4) is 0 Å². The molecule has 1 amide bonds. The van der Waals surface area contributed by atoms with E-state index in [0.29, 0.717) is 12.2 Å². The minimum atomic E-state index is -0.762. The summed E-state index contributed by atoms with van der Waals surface area (Å²) in [6.45, 7) is 4.00. The van der Waals surface area contributed by atoms with Gasteiger partial charge < -0.3 is 10.4 Å². The van der Waals surface area contributed by atoms with Gasteiger partial charge in [0.15, 0.2) is 0 Å². The number of nitrogens with one attached hydrogen (secondary N) is 1. The molecule has 0 heterocycles. The van der Waals surface area contributed by atoms with Gasteiger partial charge in [0.25, 0.3) is 0 Å². The van der Waals surface area contributed by atoms with Gasteiger partial charge >= 0.3 is 5.97 Å². The highest BCUT2D eigenvalue weighted by Crippen LogP contribution is 2.14. The van der Waals surface area contributed by atoms with E-state index in [-0.39, 0.29) is 12.3 Å². The maximum atomic E-state index is 11.7. The molecule has 1 rings (SSSR count). The molecule has 0 unspecified atom stereocenters. The highest BCUT2D eigenvalue weighted by molar-refractivity contribution is 7.99. The number of hydrogen-bond donors (Lipinski definition) is 2. The van der Waals surface area contributed by atoms with Crippen LogP contribution in [-0.2, 0) is 9.59 Å². The largest absolute Gasteiger partial charge is 0.481 e. The molecule has 0 aliphatic carbocycles. The first-order valence-electron chi connectivity index (χ1n) is 6.65. The van der Waals surface area contributed by atoms with E-state index in [9.17, 15) is 9.59 Å². The fourth-order valence-electron chi connectivity index (χ4n) is 1.89. The van der Waals surface area contributed by atoms with Crippen LogP contribution in [0.1, 0.15) is 30.4 Å². The van der Waals surface area contributed by atoms with Crippen LogP contribution in [0.2, 0.25) is 0 Å². The summed E-state index contributed by atoms with van der Waals surface area (Å²) < 4.78 is 0. The molecule has 20 heavy (non-hydrogen) atoms. The van der Waals surface area contributed by atoms with Gasteiger partial charge in [0.05, 0.1) is 5.75 Å². The Morgan fingerprint density at radius 3 is 2.40 bits per heavy atom. The zero-order valence-electron chi connectivity index (χ0n) is 11.9. The highest BCUT2D eigenvalue weighted by atomic mass is 32.2. The second kappa shape index (κ2) is 8.64. The van der Waals surface area contributed by atoms with Crippen molar-refractivity contribution in [1.29, 1.82) is 0 Å². The second-order valence-corrected chi connectivity index (χ2v) is 5.93. The lowest BCUT2D eigenvalue weighted by Gasteiger charge is -2.07. The Kier molecular flexibility index (Phi) is 7.15. The number of unbranched alkanes of at least 4 members (excludes halogenated alkanes) is 1. The lowest BCUT2D eigenvalue weighted by Crippen LogP contribution is -2.14. The maximum Gasteiger partial charge on any atom is 0.303 e. The molecule has 0 saturated heterocycles. The van der Waals surface area contributed by atoms with E-state index < -0.39 is 5.97 Å². The number of carboxylic acids is 1. The third-order valence-electron chi connectivity index (χ3n) is 2.67. The van der Waals surface area contributed by atoms with Crippen molar-refractivity contribution in [1.82, 2.24) is 0 Å². The van der Waals surface area contributed by atoms with E-state index in [4.69, 9.17) is 5.11 Å². The van der Waals surface area contributed by atoms with Crippen LogP contribution in [-0.4, -0.2) is 28.5 Å². The lowest BCUT2D eigenvalue weighted by molar-refractivity contribution is -0.137. The standard InChI is InChI=1S/C15H21NO3S/c1-11-7-12(2)9-13(8-11)16-14(17)10-20-6-4-3-5-15(18)19/h7-9H,3-6,10H2,1-2H3,(H,16,17)(H,18,19). The Morgan fingerprint density at radius 2 is 1.80 bits per heavy atom. The summed E-state index contributed by atoms with van der Waals surface area (Å²) in [6, 6.07) is 5.96. The molecule has 0 aliphatic heterocycles. The van der Waals surface area contributed by atoms with Crippen molar-refractivity contribution in [3.8, 4) is 0 Å². The molecule has 0 bridgehead atoms. The number of carbonyl (C=O) groups is 2. The maximum absolute atomic E-state index is 11.7. The Morgan fingerprint density at radius 1 is 1.15 bits per heavy atom. The van der Waals surface area contributed by atoms with Crippen LogP contribution in [0.25, 0.3) is 0 Å². The molecule has 2 N–H and O–H groups in total. The number of carboxylic acid groups (broad SMARTS) is 1. The Balaban J connectivity index is 2.21. The number of thioether (sulfide) groups is 1. The molecule has 0 aromatic heterocycles. The van der Waals surface area contributed by atoms with Crippen LogP contribution < -0.4 is 5.32 Å². The molecule has 0 fully saturated rings. The van der Waals surface area contributed by atoms with Gasteiger partial charge in [-0.3, -0.25) is 9.59 Å². The van der Waals surface area contributed by atoms with Gasteiger partial charge in [-0.05, 0) is 55.7 Å². The molecule has 4 nitrogen and oxygen atoms in total. The number of rotatable bonds is 8. The molecule has 1 aromatic carbocycles. The summed E-state index contributed by atoms with van der Waals surface area (Å²) >= 11 is 1.54. The monoisotopic (exact) mass is 295 g/mol. The Bertz CT molecular complexity index is 454. The summed E-state index contributed by atoms with van der Waals surface area (Å²) in [5.41, 5.74) is 3.09. The third-order valence-corrected chi connectivity index (χ3v) is 3.71. The second-order valence-electron chi connectivity index (χ2n) is 4.83. The van der Waals surface area contributed by atoms with Gasteiger partial charge in [0.1, 0.15) is 0 Å². The van der Waals surface area contributed by atoms with Crippen molar-refractivity contribution >= 4 is 29.3 Å². The van der Waals surface area contributed by atoms with E-state index in [0.717, 1.165) is 29.0 Å². The van der Waals surface area contributed by atoms with Gasteiger partial charge in [-0.1, -0.05) is 6.07 Å². The van der Waals surface area contributed by atoms with Gasteiger partial charge in [0.2, 0.25) is 5.91 Å². The van der Waals surface area contributed by atoms with Crippen LogP contribution in [0.5, 0.6) is 0 Å². The van der Waals surface area contributed by atoms with Gasteiger partial charge in [-0.2, -0.15) is 11.8 Å². The minimum absolute atomic E-state index is 0.0155. The number of anilines is 1. The molecule has 0 atom stereocenters. The first kappa shape index (κ1) is 16.6. The van der Waals surface area contributed by atoms with Crippen molar-refractivity contribution in [2.75, 3.05) is 16.8 Å². The topological polar surface area (TPSA) is 66.4 Å². The van der Waals surface area contributed by atoms with Crippen molar-refractivity contribution in [2.24, 2.45) is 0 Å². The molecule has 0 radical (unpaired) electrons. The van der Waals surface area contributed by atoms with Crippen LogP contribution >= 0.6 is 11.8 Å². The summed E-state index contributed by atoms with van der Waals surface area (Å²) in [5, 5.41) is 11.4. The van der Waals surface area contributed by atoms with Crippen LogP contribution in [0, 0.1) is 13.8 Å². The Labute approximate surface area is 124 Å².